The molecule has 1 aromatic heterocycles. The fraction of sp³-hybridized carbons (Fsp3) is 0.538. The largest absolute Gasteiger partial charge is 0.340 e. The molecule has 0 spiro atoms. The monoisotopic (exact) mass is 268 g/mol. The van der Waals surface area contributed by atoms with Crippen LogP contribution in [0.4, 0.5) is 0 Å². The minimum absolute atomic E-state index is 0.0250. The summed E-state index contributed by atoms with van der Waals surface area (Å²) in [5, 5.41) is 0. The number of amides is 1. The van der Waals surface area contributed by atoms with E-state index in [0.29, 0.717) is 12.3 Å². The van der Waals surface area contributed by atoms with Crippen LogP contribution in [0.3, 0.4) is 0 Å². The number of hydrogen-bond donors (Lipinski definition) is 0. The van der Waals surface area contributed by atoms with Crippen molar-refractivity contribution in [2.75, 3.05) is 12.8 Å². The van der Waals surface area contributed by atoms with Gasteiger partial charge in [0.15, 0.2) is 0 Å². The van der Waals surface area contributed by atoms with Gasteiger partial charge in [-0.05, 0) is 12.1 Å². The van der Waals surface area contributed by atoms with Crippen molar-refractivity contribution >= 4 is 16.7 Å². The number of nitrogens with zero attached hydrogens (tertiary/aromatic N) is 2. The Balaban J connectivity index is 2.79. The summed E-state index contributed by atoms with van der Waals surface area (Å²) < 4.78 is 11.7. The van der Waals surface area contributed by atoms with E-state index in [1.807, 2.05) is 26.8 Å². The summed E-state index contributed by atoms with van der Waals surface area (Å²) in [6, 6.07) is 3.57. The Morgan fingerprint density at radius 3 is 2.72 bits per heavy atom. The molecule has 0 fully saturated rings. The van der Waals surface area contributed by atoms with Gasteiger partial charge in [0.1, 0.15) is 0 Å². The zero-order valence-electron chi connectivity index (χ0n) is 11.3. The molecule has 0 N–H and O–H groups in total. The molecule has 1 unspecified atom stereocenters. The molecule has 4 nitrogen and oxygen atoms in total. The van der Waals surface area contributed by atoms with Gasteiger partial charge in [0.2, 0.25) is 5.91 Å². The first kappa shape index (κ1) is 14.8. The van der Waals surface area contributed by atoms with Crippen molar-refractivity contribution in [3.8, 4) is 0 Å². The van der Waals surface area contributed by atoms with E-state index in [-0.39, 0.29) is 11.8 Å². The highest BCUT2D eigenvalue weighted by Gasteiger charge is 2.14. The van der Waals surface area contributed by atoms with E-state index < -0.39 is 10.8 Å². The lowest BCUT2D eigenvalue weighted by Gasteiger charge is -2.19. The molecule has 0 radical (unpaired) electrons. The smallest absolute Gasteiger partial charge is 0.225 e. The lowest BCUT2D eigenvalue weighted by atomic mass is 10.2. The van der Waals surface area contributed by atoms with Gasteiger partial charge in [0.05, 0.1) is 23.0 Å². The summed E-state index contributed by atoms with van der Waals surface area (Å²) in [5.41, 5.74) is 0.769. The molecule has 0 saturated heterocycles. The van der Waals surface area contributed by atoms with Crippen molar-refractivity contribution in [1.82, 2.24) is 9.88 Å². The second kappa shape index (κ2) is 6.64. The second-order valence-corrected chi connectivity index (χ2v) is 6.21. The Hall–Kier alpha value is -1.23. The van der Waals surface area contributed by atoms with Gasteiger partial charge < -0.3 is 4.90 Å². The van der Waals surface area contributed by atoms with Crippen molar-refractivity contribution in [2.24, 2.45) is 5.92 Å². The van der Waals surface area contributed by atoms with Crippen molar-refractivity contribution in [3.63, 3.8) is 0 Å². The minimum Gasteiger partial charge on any atom is -0.340 e. The Bertz CT molecular complexity index is 446. The van der Waals surface area contributed by atoms with Crippen LogP contribution >= 0.6 is 0 Å². The van der Waals surface area contributed by atoms with Crippen LogP contribution in [0.2, 0.25) is 0 Å². The first-order valence-corrected chi connectivity index (χ1v) is 7.35. The molecular formula is C13H20N2O2S. The van der Waals surface area contributed by atoms with Crippen LogP contribution in [0.1, 0.15) is 26.5 Å². The summed E-state index contributed by atoms with van der Waals surface area (Å²) >= 11 is 0. The predicted octanol–water partition coefficient (Wildman–Crippen LogP) is 1.82. The van der Waals surface area contributed by atoms with Gasteiger partial charge in [-0.2, -0.15) is 0 Å². The molecule has 1 rings (SSSR count). The fourth-order valence-electron chi connectivity index (χ4n) is 1.61. The first-order valence-electron chi connectivity index (χ1n) is 6.04. The highest BCUT2D eigenvalue weighted by atomic mass is 32.2. The third-order valence-electron chi connectivity index (χ3n) is 2.58. The molecule has 1 amide bonds. The highest BCUT2D eigenvalue weighted by molar-refractivity contribution is 7.85. The number of carbonyl (C=O) groups is 1. The summed E-state index contributed by atoms with van der Waals surface area (Å²) in [5.74, 6) is 0.645. The highest BCUT2D eigenvalue weighted by Crippen LogP contribution is 2.10. The number of rotatable bonds is 5. The van der Waals surface area contributed by atoms with Crippen LogP contribution in [-0.4, -0.2) is 32.8 Å². The fourth-order valence-corrected chi connectivity index (χ4v) is 2.43. The molecule has 5 heteroatoms. The lowest BCUT2D eigenvalue weighted by Crippen LogP contribution is -2.30. The van der Waals surface area contributed by atoms with Crippen molar-refractivity contribution < 1.29 is 9.00 Å². The quantitative estimate of drug-likeness (QED) is 0.818. The van der Waals surface area contributed by atoms with Crippen LogP contribution < -0.4 is 0 Å². The number of pyridine rings is 1. The molecule has 0 aromatic carbocycles. The molecule has 18 heavy (non-hydrogen) atoms. The Morgan fingerprint density at radius 1 is 1.50 bits per heavy atom. The molecule has 1 aromatic rings. The van der Waals surface area contributed by atoms with Gasteiger partial charge in [0, 0.05) is 29.8 Å². The normalized spacial score (nSPS) is 12.5. The Labute approximate surface area is 111 Å². The zero-order chi connectivity index (χ0) is 13.7. The molecule has 0 aliphatic rings. The average molecular weight is 268 g/mol. The van der Waals surface area contributed by atoms with Gasteiger partial charge in [-0.15, -0.1) is 0 Å². The van der Waals surface area contributed by atoms with Gasteiger partial charge in [0.25, 0.3) is 0 Å². The Morgan fingerprint density at radius 2 is 2.17 bits per heavy atom. The van der Waals surface area contributed by atoms with E-state index in [1.54, 1.807) is 24.2 Å². The molecule has 1 atom stereocenters. The van der Waals surface area contributed by atoms with Crippen molar-refractivity contribution in [1.29, 1.82) is 0 Å². The van der Waals surface area contributed by atoms with Gasteiger partial charge in [-0.3, -0.25) is 14.0 Å². The summed E-state index contributed by atoms with van der Waals surface area (Å²) in [4.78, 5) is 18.4. The van der Waals surface area contributed by atoms with Gasteiger partial charge in [-0.25, -0.2) is 0 Å². The van der Waals surface area contributed by atoms with Crippen LogP contribution in [0.5, 0.6) is 0 Å². The summed E-state index contributed by atoms with van der Waals surface area (Å²) in [6.45, 7) is 6.07. The molecule has 0 aliphatic heterocycles. The van der Waals surface area contributed by atoms with Crippen molar-refractivity contribution in [3.05, 3.63) is 24.0 Å². The maximum Gasteiger partial charge on any atom is 0.225 e. The van der Waals surface area contributed by atoms with E-state index in [4.69, 9.17) is 0 Å². The predicted molar refractivity (Wildman–Crippen MR) is 72.5 cm³/mol. The number of aromatic nitrogens is 1. The molecule has 100 valence electrons. The minimum atomic E-state index is -0.978. The lowest BCUT2D eigenvalue weighted by molar-refractivity contribution is -0.133. The third-order valence-corrected chi connectivity index (χ3v) is 3.89. The standard InChI is InChI=1S/C13H20N2O2S/c1-5-18(17)12-6-7-14-11(8-12)9-15(4)13(16)10(2)3/h6-8,10H,5,9H2,1-4H3. The van der Waals surface area contributed by atoms with Crippen molar-refractivity contribution in [2.45, 2.75) is 32.2 Å². The average Bonchev–Trinajstić information content (AvgIpc) is 2.36. The van der Waals surface area contributed by atoms with E-state index >= 15 is 0 Å². The van der Waals surface area contributed by atoms with E-state index in [2.05, 4.69) is 4.98 Å². The molecule has 1 heterocycles. The second-order valence-electron chi connectivity index (χ2n) is 4.47. The maximum atomic E-state index is 11.8. The first-order chi connectivity index (χ1) is 8.45. The van der Waals surface area contributed by atoms with Crippen LogP contribution in [0, 0.1) is 5.92 Å². The van der Waals surface area contributed by atoms with Crippen LogP contribution in [-0.2, 0) is 22.1 Å². The van der Waals surface area contributed by atoms with Crippen LogP contribution in [0.15, 0.2) is 23.2 Å². The molecular weight excluding hydrogens is 248 g/mol. The summed E-state index contributed by atoms with van der Waals surface area (Å²) in [6.07, 6.45) is 1.64. The third kappa shape index (κ3) is 3.91. The molecule has 0 bridgehead atoms. The number of carbonyl (C=O) groups excluding carboxylic acids is 1. The molecule has 0 saturated carbocycles. The van der Waals surface area contributed by atoms with E-state index in [0.717, 1.165) is 10.6 Å². The molecule has 0 aliphatic carbocycles. The topological polar surface area (TPSA) is 50.3 Å². The van der Waals surface area contributed by atoms with Gasteiger partial charge >= 0.3 is 0 Å². The maximum absolute atomic E-state index is 11.8. The summed E-state index contributed by atoms with van der Waals surface area (Å²) in [7, 11) is 0.779. The SMILES string of the molecule is CCS(=O)c1ccnc(CN(C)C(=O)C(C)C)c1. The van der Waals surface area contributed by atoms with Crippen LogP contribution in [0.25, 0.3) is 0 Å². The number of hydrogen-bond acceptors (Lipinski definition) is 3. The zero-order valence-corrected chi connectivity index (χ0v) is 12.2. The van der Waals surface area contributed by atoms with E-state index in [9.17, 15) is 9.00 Å². The Kier molecular flexibility index (Phi) is 5.47. The van der Waals surface area contributed by atoms with Gasteiger partial charge in [-0.1, -0.05) is 20.8 Å². The van der Waals surface area contributed by atoms with E-state index in [1.165, 1.54) is 0 Å².